The topological polar surface area (TPSA) is 77.5 Å². The van der Waals surface area contributed by atoms with E-state index in [-0.39, 0.29) is 5.91 Å². The first-order valence-electron chi connectivity index (χ1n) is 7.37. The van der Waals surface area contributed by atoms with Crippen molar-refractivity contribution in [1.29, 1.82) is 0 Å². The first-order chi connectivity index (χ1) is 11.0. The first kappa shape index (κ1) is 16.9. The lowest BCUT2D eigenvalue weighted by molar-refractivity contribution is -0.129. The van der Waals surface area contributed by atoms with Gasteiger partial charge in [-0.05, 0) is 26.0 Å². The highest BCUT2D eigenvalue weighted by Gasteiger charge is 2.20. The molecule has 6 heteroatoms. The van der Waals surface area contributed by atoms with Crippen LogP contribution in [0.4, 0.5) is 0 Å². The summed E-state index contributed by atoms with van der Waals surface area (Å²) in [7, 11) is 1.55. The van der Waals surface area contributed by atoms with Crippen molar-refractivity contribution in [2.45, 2.75) is 20.0 Å². The number of fused-ring (bicyclic) bond motifs is 1. The molecule has 1 heterocycles. The Balaban J connectivity index is 2.13. The van der Waals surface area contributed by atoms with Crippen molar-refractivity contribution in [3.05, 3.63) is 41.6 Å². The third-order valence-electron chi connectivity index (χ3n) is 3.32. The molecule has 0 aliphatic rings. The van der Waals surface area contributed by atoms with E-state index < -0.39 is 12.1 Å². The SMILES string of the molecule is COCCNC(=O)[C@@H](C)OC(=O)c1cc(C)nc2ccccc12. The third-order valence-corrected chi connectivity index (χ3v) is 3.32. The van der Waals surface area contributed by atoms with Gasteiger partial charge in [0.1, 0.15) is 0 Å². The van der Waals surface area contributed by atoms with Crippen LogP contribution in [0.2, 0.25) is 0 Å². The summed E-state index contributed by atoms with van der Waals surface area (Å²) in [5.41, 5.74) is 1.84. The van der Waals surface area contributed by atoms with E-state index in [1.165, 1.54) is 6.92 Å². The molecule has 0 aliphatic carbocycles. The monoisotopic (exact) mass is 316 g/mol. The standard InChI is InChI=1S/C17H20N2O4/c1-11-10-14(13-6-4-5-7-15(13)19-11)17(21)23-12(2)16(20)18-8-9-22-3/h4-7,10,12H,8-9H2,1-3H3,(H,18,20)/t12-/m1/s1. The third kappa shape index (κ3) is 4.26. The van der Waals surface area contributed by atoms with E-state index in [9.17, 15) is 9.59 Å². The van der Waals surface area contributed by atoms with E-state index in [1.807, 2.05) is 31.2 Å². The van der Waals surface area contributed by atoms with Crippen LogP contribution in [-0.2, 0) is 14.3 Å². The zero-order chi connectivity index (χ0) is 16.8. The molecule has 0 unspecified atom stereocenters. The smallest absolute Gasteiger partial charge is 0.339 e. The van der Waals surface area contributed by atoms with Gasteiger partial charge in [-0.2, -0.15) is 0 Å². The van der Waals surface area contributed by atoms with Crippen LogP contribution in [0.15, 0.2) is 30.3 Å². The van der Waals surface area contributed by atoms with E-state index >= 15 is 0 Å². The summed E-state index contributed by atoms with van der Waals surface area (Å²) in [5, 5.41) is 3.34. The Hall–Kier alpha value is -2.47. The number of rotatable bonds is 6. The molecule has 0 bridgehead atoms. The molecule has 1 N–H and O–H groups in total. The average Bonchev–Trinajstić information content (AvgIpc) is 2.53. The number of nitrogens with zero attached hydrogens (tertiary/aromatic N) is 1. The van der Waals surface area contributed by atoms with E-state index in [0.29, 0.717) is 29.8 Å². The van der Waals surface area contributed by atoms with Gasteiger partial charge in [0.05, 0.1) is 17.7 Å². The van der Waals surface area contributed by atoms with E-state index in [4.69, 9.17) is 9.47 Å². The first-order valence-corrected chi connectivity index (χ1v) is 7.37. The van der Waals surface area contributed by atoms with Gasteiger partial charge in [0.25, 0.3) is 5.91 Å². The Morgan fingerprint density at radius 3 is 2.78 bits per heavy atom. The van der Waals surface area contributed by atoms with E-state index in [2.05, 4.69) is 10.3 Å². The van der Waals surface area contributed by atoms with Gasteiger partial charge in [0.2, 0.25) is 0 Å². The molecular formula is C17H20N2O4. The maximum atomic E-state index is 12.4. The van der Waals surface area contributed by atoms with Crippen molar-refractivity contribution in [2.24, 2.45) is 0 Å². The molecule has 2 aromatic rings. The summed E-state index contributed by atoms with van der Waals surface area (Å²) in [6, 6.07) is 8.99. The number of nitrogens with one attached hydrogen (secondary N) is 1. The minimum absolute atomic E-state index is 0.356. The summed E-state index contributed by atoms with van der Waals surface area (Å²) in [4.78, 5) is 28.6. The molecule has 0 saturated carbocycles. The number of carbonyl (C=O) groups excluding carboxylic acids is 2. The Bertz CT molecular complexity index is 715. The minimum Gasteiger partial charge on any atom is -0.449 e. The summed E-state index contributed by atoms with van der Waals surface area (Å²) in [6.45, 7) is 4.12. The van der Waals surface area contributed by atoms with Crippen molar-refractivity contribution in [2.75, 3.05) is 20.3 Å². The average molecular weight is 316 g/mol. The lowest BCUT2D eigenvalue weighted by atomic mass is 10.1. The molecule has 1 atom stereocenters. The highest BCUT2D eigenvalue weighted by atomic mass is 16.5. The number of hydrogen-bond acceptors (Lipinski definition) is 5. The summed E-state index contributed by atoms with van der Waals surface area (Å²) < 4.78 is 10.1. The highest BCUT2D eigenvalue weighted by molar-refractivity contribution is 6.04. The molecule has 0 spiro atoms. The van der Waals surface area contributed by atoms with Crippen LogP contribution in [0.3, 0.4) is 0 Å². The molecule has 23 heavy (non-hydrogen) atoms. The number of ether oxygens (including phenoxy) is 2. The zero-order valence-electron chi connectivity index (χ0n) is 13.5. The molecule has 6 nitrogen and oxygen atoms in total. The van der Waals surface area contributed by atoms with Gasteiger partial charge in [-0.25, -0.2) is 4.79 Å². The van der Waals surface area contributed by atoms with E-state index in [1.54, 1.807) is 13.2 Å². The Morgan fingerprint density at radius 2 is 2.04 bits per heavy atom. The number of aromatic nitrogens is 1. The molecule has 2 rings (SSSR count). The molecule has 0 radical (unpaired) electrons. The maximum Gasteiger partial charge on any atom is 0.339 e. The van der Waals surface area contributed by atoms with Crippen molar-refractivity contribution >= 4 is 22.8 Å². The Kier molecular flexibility index (Phi) is 5.65. The van der Waals surface area contributed by atoms with Crippen LogP contribution < -0.4 is 5.32 Å². The van der Waals surface area contributed by atoms with Gasteiger partial charge < -0.3 is 14.8 Å². The molecule has 122 valence electrons. The van der Waals surface area contributed by atoms with Crippen molar-refractivity contribution in [3.8, 4) is 0 Å². The largest absolute Gasteiger partial charge is 0.449 e. The second kappa shape index (κ2) is 7.69. The second-order valence-electron chi connectivity index (χ2n) is 5.16. The number of amides is 1. The van der Waals surface area contributed by atoms with Gasteiger partial charge in [-0.3, -0.25) is 9.78 Å². The number of hydrogen-bond donors (Lipinski definition) is 1. The predicted molar refractivity (Wildman–Crippen MR) is 86.2 cm³/mol. The predicted octanol–water partition coefficient (Wildman–Crippen LogP) is 1.85. The Labute approximate surface area is 134 Å². The zero-order valence-corrected chi connectivity index (χ0v) is 13.5. The van der Waals surface area contributed by atoms with Crippen LogP contribution in [0.5, 0.6) is 0 Å². The number of carbonyl (C=O) groups is 2. The molecule has 1 amide bonds. The molecule has 1 aromatic carbocycles. The fourth-order valence-electron chi connectivity index (χ4n) is 2.17. The normalized spacial score (nSPS) is 12.0. The number of pyridine rings is 1. The second-order valence-corrected chi connectivity index (χ2v) is 5.16. The molecular weight excluding hydrogens is 296 g/mol. The number of para-hydroxylation sites is 1. The minimum atomic E-state index is -0.883. The van der Waals surface area contributed by atoms with Gasteiger partial charge >= 0.3 is 5.97 Å². The van der Waals surface area contributed by atoms with E-state index in [0.717, 1.165) is 5.52 Å². The van der Waals surface area contributed by atoms with Crippen molar-refractivity contribution in [3.63, 3.8) is 0 Å². The Morgan fingerprint density at radius 1 is 1.30 bits per heavy atom. The molecule has 0 fully saturated rings. The van der Waals surface area contributed by atoms with Crippen LogP contribution in [0.25, 0.3) is 10.9 Å². The number of methoxy groups -OCH3 is 1. The van der Waals surface area contributed by atoms with Gasteiger partial charge in [0, 0.05) is 24.7 Å². The van der Waals surface area contributed by atoms with Crippen LogP contribution in [0, 0.1) is 6.92 Å². The fourth-order valence-corrected chi connectivity index (χ4v) is 2.17. The number of benzene rings is 1. The fraction of sp³-hybridized carbons (Fsp3) is 0.353. The lowest BCUT2D eigenvalue weighted by Crippen LogP contribution is -2.37. The highest BCUT2D eigenvalue weighted by Crippen LogP contribution is 2.19. The van der Waals surface area contributed by atoms with Crippen molar-refractivity contribution < 1.29 is 19.1 Å². The summed E-state index contributed by atoms with van der Waals surface area (Å²) >= 11 is 0. The van der Waals surface area contributed by atoms with Crippen LogP contribution in [0.1, 0.15) is 23.0 Å². The van der Waals surface area contributed by atoms with Crippen LogP contribution in [-0.4, -0.2) is 43.2 Å². The molecule has 1 aromatic heterocycles. The maximum absolute atomic E-state index is 12.4. The number of esters is 1. The van der Waals surface area contributed by atoms with Gasteiger partial charge in [-0.1, -0.05) is 18.2 Å². The number of aryl methyl sites for hydroxylation is 1. The summed E-state index contributed by atoms with van der Waals surface area (Å²) in [5.74, 6) is -0.897. The van der Waals surface area contributed by atoms with Gasteiger partial charge in [0.15, 0.2) is 6.10 Å². The van der Waals surface area contributed by atoms with Crippen LogP contribution >= 0.6 is 0 Å². The molecule has 0 aliphatic heterocycles. The summed E-state index contributed by atoms with van der Waals surface area (Å²) in [6.07, 6.45) is -0.883. The quantitative estimate of drug-likeness (QED) is 0.650. The molecule has 0 saturated heterocycles. The van der Waals surface area contributed by atoms with Gasteiger partial charge in [-0.15, -0.1) is 0 Å². The lowest BCUT2D eigenvalue weighted by Gasteiger charge is -2.14. The van der Waals surface area contributed by atoms with Crippen molar-refractivity contribution in [1.82, 2.24) is 10.3 Å².